The summed E-state index contributed by atoms with van der Waals surface area (Å²) in [5.74, 6) is -0.735. The zero-order chi connectivity index (χ0) is 11.3. The maximum atomic E-state index is 12.8. The summed E-state index contributed by atoms with van der Waals surface area (Å²) >= 11 is 0. The summed E-state index contributed by atoms with van der Waals surface area (Å²) in [6.45, 7) is 0. The van der Waals surface area contributed by atoms with Gasteiger partial charge >= 0.3 is 0 Å². The van der Waals surface area contributed by atoms with Crippen molar-refractivity contribution in [3.8, 4) is 0 Å². The molecular formula is C11H15FN2O. The largest absolute Gasteiger partial charge is 0.368 e. The summed E-state index contributed by atoms with van der Waals surface area (Å²) in [7, 11) is 0. The molecule has 0 radical (unpaired) electrons. The van der Waals surface area contributed by atoms with Gasteiger partial charge in [0, 0.05) is 0 Å². The van der Waals surface area contributed by atoms with Crippen LogP contribution in [0.5, 0.6) is 0 Å². The van der Waals surface area contributed by atoms with E-state index >= 15 is 0 Å². The molecule has 1 unspecified atom stereocenters. The Bertz CT molecular complexity index is 341. The molecule has 0 spiro atoms. The molecule has 15 heavy (non-hydrogen) atoms. The lowest BCUT2D eigenvalue weighted by atomic mass is 10.0. The molecule has 1 aromatic carbocycles. The molecule has 82 valence electrons. The number of carbonyl (C=O) groups is 1. The zero-order valence-electron chi connectivity index (χ0n) is 8.45. The van der Waals surface area contributed by atoms with Crippen LogP contribution < -0.4 is 11.5 Å². The van der Waals surface area contributed by atoms with Gasteiger partial charge in [-0.3, -0.25) is 4.79 Å². The van der Waals surface area contributed by atoms with Crippen LogP contribution in [0.3, 0.4) is 0 Å². The van der Waals surface area contributed by atoms with Crippen molar-refractivity contribution in [2.24, 2.45) is 11.5 Å². The molecule has 4 heteroatoms. The highest BCUT2D eigenvalue weighted by Gasteiger charge is 2.08. The van der Waals surface area contributed by atoms with Crippen LogP contribution in [-0.4, -0.2) is 11.9 Å². The SMILES string of the molecule is NC(=O)C(N)CCCc1cccc(F)c1. The topological polar surface area (TPSA) is 69.1 Å². The van der Waals surface area contributed by atoms with E-state index < -0.39 is 11.9 Å². The third-order valence-electron chi connectivity index (χ3n) is 2.24. The molecule has 0 saturated heterocycles. The number of hydrogen-bond acceptors (Lipinski definition) is 2. The first-order valence-electron chi connectivity index (χ1n) is 4.89. The molecule has 0 aliphatic heterocycles. The van der Waals surface area contributed by atoms with E-state index in [1.165, 1.54) is 12.1 Å². The first kappa shape index (κ1) is 11.7. The molecule has 1 rings (SSSR count). The van der Waals surface area contributed by atoms with Gasteiger partial charge in [0.25, 0.3) is 0 Å². The number of halogens is 1. The zero-order valence-corrected chi connectivity index (χ0v) is 8.45. The number of rotatable bonds is 5. The van der Waals surface area contributed by atoms with Crippen LogP contribution in [0.15, 0.2) is 24.3 Å². The van der Waals surface area contributed by atoms with Crippen molar-refractivity contribution < 1.29 is 9.18 Å². The van der Waals surface area contributed by atoms with E-state index in [2.05, 4.69) is 0 Å². The first-order chi connectivity index (χ1) is 7.09. The fraction of sp³-hybridized carbons (Fsp3) is 0.364. The fourth-order valence-electron chi connectivity index (χ4n) is 1.36. The third kappa shape index (κ3) is 4.08. The van der Waals surface area contributed by atoms with E-state index in [0.717, 1.165) is 12.0 Å². The van der Waals surface area contributed by atoms with Gasteiger partial charge < -0.3 is 11.5 Å². The van der Waals surface area contributed by atoms with Gasteiger partial charge in [0.05, 0.1) is 6.04 Å². The molecule has 0 saturated carbocycles. The molecule has 0 heterocycles. The van der Waals surface area contributed by atoms with E-state index in [0.29, 0.717) is 12.8 Å². The Hall–Kier alpha value is -1.42. The number of nitrogens with two attached hydrogens (primary N) is 2. The van der Waals surface area contributed by atoms with Gasteiger partial charge in [-0.2, -0.15) is 0 Å². The minimum atomic E-state index is -0.599. The van der Waals surface area contributed by atoms with E-state index in [4.69, 9.17) is 11.5 Å². The average Bonchev–Trinajstić information content (AvgIpc) is 2.17. The number of primary amides is 1. The highest BCUT2D eigenvalue weighted by atomic mass is 19.1. The molecule has 3 nitrogen and oxygen atoms in total. The Morgan fingerprint density at radius 3 is 2.80 bits per heavy atom. The number of benzene rings is 1. The van der Waals surface area contributed by atoms with Gasteiger partial charge in [0.15, 0.2) is 0 Å². The molecule has 0 fully saturated rings. The van der Waals surface area contributed by atoms with Crippen molar-refractivity contribution in [2.75, 3.05) is 0 Å². The maximum Gasteiger partial charge on any atom is 0.234 e. The Morgan fingerprint density at radius 1 is 1.47 bits per heavy atom. The standard InChI is InChI=1S/C11H15FN2O/c12-9-5-1-3-8(7-9)4-2-6-10(13)11(14)15/h1,3,5,7,10H,2,4,6,13H2,(H2,14,15). The van der Waals surface area contributed by atoms with Gasteiger partial charge in [-0.15, -0.1) is 0 Å². The van der Waals surface area contributed by atoms with Crippen molar-refractivity contribution >= 4 is 5.91 Å². The number of carbonyl (C=O) groups excluding carboxylic acids is 1. The Labute approximate surface area is 88.3 Å². The van der Waals surface area contributed by atoms with Crippen molar-refractivity contribution in [3.05, 3.63) is 35.6 Å². The minimum absolute atomic E-state index is 0.244. The Balaban J connectivity index is 2.35. The predicted octanol–water partition coefficient (Wildman–Crippen LogP) is 0.961. The van der Waals surface area contributed by atoms with Crippen LogP contribution in [0.2, 0.25) is 0 Å². The summed E-state index contributed by atoms with van der Waals surface area (Å²) in [4.78, 5) is 10.6. The van der Waals surface area contributed by atoms with Crippen molar-refractivity contribution in [3.63, 3.8) is 0 Å². The smallest absolute Gasteiger partial charge is 0.234 e. The monoisotopic (exact) mass is 210 g/mol. The molecule has 1 atom stereocenters. The van der Waals surface area contributed by atoms with Crippen LogP contribution in [0.25, 0.3) is 0 Å². The lowest BCUT2D eigenvalue weighted by molar-refractivity contribution is -0.119. The Kier molecular flexibility index (Phi) is 4.24. The molecule has 0 aromatic heterocycles. The summed E-state index contributed by atoms with van der Waals surface area (Å²) in [6, 6.07) is 5.80. The molecule has 1 amide bonds. The third-order valence-corrected chi connectivity index (χ3v) is 2.24. The van der Waals surface area contributed by atoms with Crippen molar-refractivity contribution in [1.82, 2.24) is 0 Å². The summed E-state index contributed by atoms with van der Waals surface area (Å²) in [6.07, 6.45) is 1.97. The number of aryl methyl sites for hydroxylation is 1. The molecule has 0 bridgehead atoms. The highest BCUT2D eigenvalue weighted by Crippen LogP contribution is 2.08. The van der Waals surface area contributed by atoms with Crippen LogP contribution in [-0.2, 0) is 11.2 Å². The van der Waals surface area contributed by atoms with Gasteiger partial charge in [-0.05, 0) is 37.0 Å². The van der Waals surface area contributed by atoms with E-state index in [1.54, 1.807) is 6.07 Å². The molecule has 0 aliphatic rings. The second-order valence-electron chi connectivity index (χ2n) is 3.53. The first-order valence-corrected chi connectivity index (χ1v) is 4.89. The van der Waals surface area contributed by atoms with Gasteiger partial charge in [0.2, 0.25) is 5.91 Å². The van der Waals surface area contributed by atoms with E-state index in [1.807, 2.05) is 6.07 Å². The lowest BCUT2D eigenvalue weighted by Crippen LogP contribution is -2.36. The maximum absolute atomic E-state index is 12.8. The van der Waals surface area contributed by atoms with Crippen molar-refractivity contribution in [2.45, 2.75) is 25.3 Å². The minimum Gasteiger partial charge on any atom is -0.368 e. The van der Waals surface area contributed by atoms with Crippen LogP contribution in [0, 0.1) is 5.82 Å². The van der Waals surface area contributed by atoms with Crippen LogP contribution in [0.1, 0.15) is 18.4 Å². The normalized spacial score (nSPS) is 12.4. The number of hydrogen-bond donors (Lipinski definition) is 2. The molecule has 4 N–H and O–H groups in total. The van der Waals surface area contributed by atoms with E-state index in [-0.39, 0.29) is 5.82 Å². The molecular weight excluding hydrogens is 195 g/mol. The fourth-order valence-corrected chi connectivity index (χ4v) is 1.36. The number of amides is 1. The predicted molar refractivity (Wildman–Crippen MR) is 56.5 cm³/mol. The second-order valence-corrected chi connectivity index (χ2v) is 3.53. The lowest BCUT2D eigenvalue weighted by Gasteiger charge is -2.06. The summed E-state index contributed by atoms with van der Waals surface area (Å²) in [5, 5.41) is 0. The Morgan fingerprint density at radius 2 is 2.20 bits per heavy atom. The van der Waals surface area contributed by atoms with Crippen molar-refractivity contribution in [1.29, 1.82) is 0 Å². The second kappa shape index (κ2) is 5.46. The van der Waals surface area contributed by atoms with Gasteiger partial charge in [0.1, 0.15) is 5.82 Å². The van der Waals surface area contributed by atoms with Crippen LogP contribution >= 0.6 is 0 Å². The van der Waals surface area contributed by atoms with Crippen LogP contribution in [0.4, 0.5) is 4.39 Å². The van der Waals surface area contributed by atoms with Gasteiger partial charge in [-0.25, -0.2) is 4.39 Å². The summed E-state index contributed by atoms with van der Waals surface area (Å²) < 4.78 is 12.8. The summed E-state index contributed by atoms with van der Waals surface area (Å²) in [5.41, 5.74) is 11.4. The van der Waals surface area contributed by atoms with Gasteiger partial charge in [-0.1, -0.05) is 12.1 Å². The van der Waals surface area contributed by atoms with E-state index in [9.17, 15) is 9.18 Å². The highest BCUT2D eigenvalue weighted by molar-refractivity contribution is 5.79. The molecule has 0 aliphatic carbocycles. The molecule has 1 aromatic rings. The quantitative estimate of drug-likeness (QED) is 0.760. The average molecular weight is 210 g/mol.